The average Bonchev–Trinajstić information content (AvgIpc) is 2.31. The van der Waals surface area contributed by atoms with Crippen molar-refractivity contribution in [1.82, 2.24) is 10.3 Å². The smallest absolute Gasteiger partial charge is 0.0750 e. The van der Waals surface area contributed by atoms with Crippen LogP contribution in [0.2, 0.25) is 0 Å². The Hall–Kier alpha value is -0.930. The maximum Gasteiger partial charge on any atom is 0.0750 e. The molecule has 0 saturated carbocycles. The molecule has 96 valence electrons. The van der Waals surface area contributed by atoms with Gasteiger partial charge in [-0.25, -0.2) is 0 Å². The van der Waals surface area contributed by atoms with Gasteiger partial charge in [-0.15, -0.1) is 0 Å². The van der Waals surface area contributed by atoms with Crippen molar-refractivity contribution in [3.05, 3.63) is 30.1 Å². The zero-order valence-electron chi connectivity index (χ0n) is 11.3. The summed E-state index contributed by atoms with van der Waals surface area (Å²) in [6.07, 6.45) is 4.90. The third-order valence-corrected chi connectivity index (χ3v) is 3.00. The van der Waals surface area contributed by atoms with E-state index in [-0.39, 0.29) is 6.10 Å². The van der Waals surface area contributed by atoms with Crippen LogP contribution < -0.4 is 5.32 Å². The van der Waals surface area contributed by atoms with E-state index >= 15 is 0 Å². The van der Waals surface area contributed by atoms with Crippen LogP contribution in [0.1, 0.15) is 26.3 Å². The van der Waals surface area contributed by atoms with Crippen molar-refractivity contribution in [3.63, 3.8) is 0 Å². The number of hydrogen-bond donors (Lipinski definition) is 1. The van der Waals surface area contributed by atoms with Crippen molar-refractivity contribution in [2.45, 2.75) is 39.3 Å². The Bertz CT molecular complexity index is 300. The van der Waals surface area contributed by atoms with Crippen molar-refractivity contribution in [1.29, 1.82) is 0 Å². The summed E-state index contributed by atoms with van der Waals surface area (Å²) < 4.78 is 5.62. The van der Waals surface area contributed by atoms with Gasteiger partial charge in [-0.1, -0.05) is 20.8 Å². The molecule has 0 fully saturated rings. The molecule has 3 heteroatoms. The molecule has 1 rings (SSSR count). The summed E-state index contributed by atoms with van der Waals surface area (Å²) in [5, 5.41) is 3.52. The lowest BCUT2D eigenvalue weighted by Crippen LogP contribution is -2.45. The summed E-state index contributed by atoms with van der Waals surface area (Å²) in [5.74, 6) is 0.505. The van der Waals surface area contributed by atoms with Crippen LogP contribution in [0.4, 0.5) is 0 Å². The zero-order chi connectivity index (χ0) is 12.7. The van der Waals surface area contributed by atoms with E-state index in [9.17, 15) is 0 Å². The highest BCUT2D eigenvalue weighted by Gasteiger charge is 2.23. The number of methoxy groups -OCH3 is 1. The quantitative estimate of drug-likeness (QED) is 0.788. The molecule has 0 aliphatic carbocycles. The molecule has 0 radical (unpaired) electrons. The Balaban J connectivity index is 2.71. The molecule has 1 N–H and O–H groups in total. The summed E-state index contributed by atoms with van der Waals surface area (Å²) >= 11 is 0. The van der Waals surface area contributed by atoms with E-state index in [4.69, 9.17) is 4.74 Å². The van der Waals surface area contributed by atoms with Gasteiger partial charge in [-0.05, 0) is 36.6 Å². The highest BCUT2D eigenvalue weighted by Crippen LogP contribution is 2.14. The van der Waals surface area contributed by atoms with Gasteiger partial charge in [-0.3, -0.25) is 4.98 Å². The molecule has 0 aliphatic rings. The van der Waals surface area contributed by atoms with Gasteiger partial charge in [0.15, 0.2) is 0 Å². The molecule has 0 amide bonds. The molecular formula is C14H24N2O. The van der Waals surface area contributed by atoms with E-state index in [1.165, 1.54) is 5.56 Å². The molecule has 1 aromatic rings. The van der Waals surface area contributed by atoms with Gasteiger partial charge in [0.2, 0.25) is 0 Å². The van der Waals surface area contributed by atoms with E-state index in [1.807, 2.05) is 12.4 Å². The minimum absolute atomic E-state index is 0.239. The first-order valence-electron chi connectivity index (χ1n) is 6.34. The lowest BCUT2D eigenvalue weighted by molar-refractivity contribution is 0.0337. The monoisotopic (exact) mass is 236 g/mol. The van der Waals surface area contributed by atoms with Gasteiger partial charge in [0.1, 0.15) is 0 Å². The largest absolute Gasteiger partial charge is 0.380 e. The Morgan fingerprint density at radius 1 is 1.29 bits per heavy atom. The molecule has 2 unspecified atom stereocenters. The molecule has 1 heterocycles. The Morgan fingerprint density at radius 2 is 1.94 bits per heavy atom. The normalized spacial score (nSPS) is 14.9. The summed E-state index contributed by atoms with van der Waals surface area (Å²) in [7, 11) is 1.79. The third kappa shape index (κ3) is 4.44. The van der Waals surface area contributed by atoms with Crippen LogP contribution in [0.25, 0.3) is 0 Å². The summed E-state index contributed by atoms with van der Waals surface area (Å²) in [5.41, 5.74) is 1.30. The third-order valence-electron chi connectivity index (χ3n) is 3.00. The van der Waals surface area contributed by atoms with Gasteiger partial charge < -0.3 is 10.1 Å². The summed E-state index contributed by atoms with van der Waals surface area (Å²) in [6.45, 7) is 7.49. The van der Waals surface area contributed by atoms with E-state index in [0.29, 0.717) is 12.0 Å². The molecule has 0 aromatic carbocycles. The highest BCUT2D eigenvalue weighted by molar-refractivity contribution is 5.12. The van der Waals surface area contributed by atoms with Crippen LogP contribution in [0.5, 0.6) is 0 Å². The van der Waals surface area contributed by atoms with Crippen molar-refractivity contribution >= 4 is 0 Å². The van der Waals surface area contributed by atoms with Crippen LogP contribution in [0.3, 0.4) is 0 Å². The second-order valence-electron chi connectivity index (χ2n) is 4.67. The number of pyridine rings is 1. The van der Waals surface area contributed by atoms with Gasteiger partial charge in [0.25, 0.3) is 0 Å². The summed E-state index contributed by atoms with van der Waals surface area (Å²) in [4.78, 5) is 4.05. The van der Waals surface area contributed by atoms with Gasteiger partial charge in [0, 0.05) is 25.5 Å². The first kappa shape index (κ1) is 14.1. The Morgan fingerprint density at radius 3 is 2.41 bits per heavy atom. The molecule has 0 spiro atoms. The molecule has 0 bridgehead atoms. The van der Waals surface area contributed by atoms with Crippen molar-refractivity contribution < 1.29 is 4.74 Å². The van der Waals surface area contributed by atoms with Crippen molar-refractivity contribution in [2.24, 2.45) is 5.92 Å². The average molecular weight is 236 g/mol. The number of nitrogens with one attached hydrogen (secondary N) is 1. The molecule has 1 aromatic heterocycles. The van der Waals surface area contributed by atoms with Crippen LogP contribution >= 0.6 is 0 Å². The fourth-order valence-corrected chi connectivity index (χ4v) is 2.24. The first-order valence-corrected chi connectivity index (χ1v) is 6.34. The van der Waals surface area contributed by atoms with Crippen molar-refractivity contribution in [3.8, 4) is 0 Å². The van der Waals surface area contributed by atoms with Crippen LogP contribution in [0.15, 0.2) is 24.5 Å². The van der Waals surface area contributed by atoms with Crippen LogP contribution in [-0.2, 0) is 11.2 Å². The number of likely N-dealkylation sites (N-methyl/N-ethyl adjacent to an activating group) is 1. The van der Waals surface area contributed by atoms with Crippen molar-refractivity contribution in [2.75, 3.05) is 13.7 Å². The molecule has 0 saturated heterocycles. The lowest BCUT2D eigenvalue weighted by atomic mass is 9.94. The number of aromatic nitrogens is 1. The van der Waals surface area contributed by atoms with Crippen LogP contribution in [0, 0.1) is 5.92 Å². The maximum absolute atomic E-state index is 5.62. The first-order chi connectivity index (χ1) is 8.19. The number of rotatable bonds is 7. The van der Waals surface area contributed by atoms with E-state index in [2.05, 4.69) is 43.2 Å². The van der Waals surface area contributed by atoms with E-state index in [0.717, 1.165) is 13.0 Å². The molecule has 17 heavy (non-hydrogen) atoms. The van der Waals surface area contributed by atoms with E-state index in [1.54, 1.807) is 7.11 Å². The van der Waals surface area contributed by atoms with Gasteiger partial charge in [0.05, 0.1) is 6.10 Å². The lowest BCUT2D eigenvalue weighted by Gasteiger charge is -2.29. The van der Waals surface area contributed by atoms with Gasteiger partial charge >= 0.3 is 0 Å². The standard InChI is InChI=1S/C14H24N2O/c1-5-16-13(14(17-4)11(2)3)10-12-6-8-15-9-7-12/h6-9,11,13-14,16H,5,10H2,1-4H3. The minimum Gasteiger partial charge on any atom is -0.380 e. The second kappa shape index (κ2) is 7.41. The maximum atomic E-state index is 5.62. The second-order valence-corrected chi connectivity index (χ2v) is 4.67. The predicted molar refractivity (Wildman–Crippen MR) is 71.0 cm³/mol. The SMILES string of the molecule is CCNC(Cc1ccncc1)C(OC)C(C)C. The topological polar surface area (TPSA) is 34.2 Å². The predicted octanol–water partition coefficient (Wildman–Crippen LogP) is 2.27. The van der Waals surface area contributed by atoms with Crippen LogP contribution in [-0.4, -0.2) is 30.8 Å². The Kier molecular flexibility index (Phi) is 6.16. The zero-order valence-corrected chi connectivity index (χ0v) is 11.3. The number of hydrogen-bond acceptors (Lipinski definition) is 3. The molecule has 0 aliphatic heterocycles. The van der Waals surface area contributed by atoms with Gasteiger partial charge in [-0.2, -0.15) is 0 Å². The summed E-state index contributed by atoms with van der Waals surface area (Å²) in [6, 6.07) is 4.49. The van der Waals surface area contributed by atoms with E-state index < -0.39 is 0 Å². The molecule has 2 atom stereocenters. The minimum atomic E-state index is 0.239. The number of nitrogens with zero attached hydrogens (tertiary/aromatic N) is 1. The molecular weight excluding hydrogens is 212 g/mol. The molecule has 3 nitrogen and oxygen atoms in total. The number of ether oxygens (including phenoxy) is 1. The fourth-order valence-electron chi connectivity index (χ4n) is 2.24. The fraction of sp³-hybridized carbons (Fsp3) is 0.643. The Labute approximate surface area is 105 Å². The highest BCUT2D eigenvalue weighted by atomic mass is 16.5.